The van der Waals surface area contributed by atoms with Crippen LogP contribution in [0.5, 0.6) is 11.6 Å². The van der Waals surface area contributed by atoms with E-state index < -0.39 is 24.9 Å². The maximum atomic E-state index is 14.8. The molecule has 7 rings (SSSR count). The number of likely N-dealkylation sites (tertiary alicyclic amines) is 1. The van der Waals surface area contributed by atoms with Crippen molar-refractivity contribution >= 4 is 28.2 Å². The van der Waals surface area contributed by atoms with E-state index in [1.165, 1.54) is 6.07 Å². The van der Waals surface area contributed by atoms with Crippen LogP contribution in [0.2, 0.25) is 0 Å². The Bertz CT molecular complexity index is 2670. The molecule has 1 amide bonds. The molecule has 1 fully saturated rings. The number of aryl methyl sites for hydroxylation is 2. The van der Waals surface area contributed by atoms with Crippen LogP contribution >= 0.6 is 0 Å². The zero-order valence-electron chi connectivity index (χ0n) is 36.2. The first-order chi connectivity index (χ1) is 31.3. The molecule has 14 nitrogen and oxygen atoms in total. The number of fused-ring (bicyclic) bond motifs is 1. The third kappa shape index (κ3) is 12.7. The smallest absolute Gasteiger partial charge is 0.406 e. The number of piperidine rings is 1. The monoisotopic (exact) mass is 898 g/mol. The summed E-state index contributed by atoms with van der Waals surface area (Å²) in [7, 11) is 1.86. The lowest BCUT2D eigenvalue weighted by Gasteiger charge is -2.33. The minimum atomic E-state index is -4.47. The van der Waals surface area contributed by atoms with Crippen molar-refractivity contribution in [3.8, 4) is 34.6 Å². The maximum Gasteiger partial charge on any atom is 0.406 e. The van der Waals surface area contributed by atoms with E-state index in [1.807, 2.05) is 25.8 Å². The first-order valence-electron chi connectivity index (χ1n) is 21.1. The number of benzene rings is 2. The van der Waals surface area contributed by atoms with Crippen LogP contribution in [-0.4, -0.2) is 108 Å². The van der Waals surface area contributed by atoms with E-state index in [-0.39, 0.29) is 75.6 Å². The second-order valence-electron chi connectivity index (χ2n) is 15.7. The largest absolute Gasteiger partial charge is 0.491 e. The van der Waals surface area contributed by atoms with Gasteiger partial charge in [0.25, 0.3) is 11.5 Å². The molecule has 1 saturated heterocycles. The molecule has 18 heteroatoms. The van der Waals surface area contributed by atoms with E-state index in [2.05, 4.69) is 37.9 Å². The highest BCUT2D eigenvalue weighted by Gasteiger charge is 2.31. The van der Waals surface area contributed by atoms with Crippen LogP contribution in [-0.2, 0) is 22.6 Å². The number of ether oxygens (including phenoxy) is 3. The number of hydrogen-bond acceptors (Lipinski definition) is 11. The molecule has 2 aromatic carbocycles. The average Bonchev–Trinajstić information content (AvgIpc) is 3.80. The topological polar surface area (TPSA) is 150 Å². The van der Waals surface area contributed by atoms with Crippen LogP contribution in [0.3, 0.4) is 0 Å². The zero-order valence-corrected chi connectivity index (χ0v) is 36.2. The fourth-order valence-electron chi connectivity index (χ4n) is 7.53. The number of nitrogens with one attached hydrogen (secondary N) is 3. The third-order valence-corrected chi connectivity index (χ3v) is 10.7. The molecule has 6 aromatic rings. The zero-order chi connectivity index (χ0) is 45.9. The summed E-state index contributed by atoms with van der Waals surface area (Å²) in [6.07, 6.45) is -1.69. The molecule has 65 heavy (non-hydrogen) atoms. The summed E-state index contributed by atoms with van der Waals surface area (Å²) in [5, 5.41) is 13.7. The number of anilines is 2. The van der Waals surface area contributed by atoms with Gasteiger partial charge in [-0.15, -0.1) is 0 Å². The molecule has 0 saturated carbocycles. The van der Waals surface area contributed by atoms with E-state index >= 15 is 0 Å². The van der Waals surface area contributed by atoms with Gasteiger partial charge in [0.05, 0.1) is 49.2 Å². The fraction of sp³-hybridized carbons (Fsp3) is 0.362. The van der Waals surface area contributed by atoms with Crippen LogP contribution in [0.1, 0.15) is 29.1 Å². The minimum absolute atomic E-state index is 0.170. The molecule has 1 aliphatic rings. The molecular formula is C47H50F4N8O6. The lowest BCUT2D eigenvalue weighted by Crippen LogP contribution is -2.46. The highest BCUT2D eigenvalue weighted by Crippen LogP contribution is 2.32. The SMILES string of the molecule is Cc1noc(C)c1-c1ccc(=O)n(Cc2ccnc(OCC(=O)NCCOCCOc3ccc(NCC#Cc4cc5c(N[C@@H]6CCN(C)C[C@@H]6F)cccc5n4CC(F)(F)F)cc3)c2)c1. The summed E-state index contributed by atoms with van der Waals surface area (Å²) in [5.74, 6) is 6.98. The van der Waals surface area contributed by atoms with E-state index in [9.17, 15) is 27.2 Å². The highest BCUT2D eigenvalue weighted by molar-refractivity contribution is 5.94. The molecule has 0 unspecified atom stereocenters. The minimum Gasteiger partial charge on any atom is -0.491 e. The van der Waals surface area contributed by atoms with E-state index in [1.54, 1.807) is 83.7 Å². The van der Waals surface area contributed by atoms with Gasteiger partial charge in [0.15, 0.2) is 6.61 Å². The molecule has 0 aliphatic carbocycles. The van der Waals surface area contributed by atoms with E-state index in [4.69, 9.17) is 18.7 Å². The molecule has 0 bridgehead atoms. The second-order valence-corrected chi connectivity index (χ2v) is 15.7. The van der Waals surface area contributed by atoms with Gasteiger partial charge in [-0.3, -0.25) is 9.59 Å². The molecule has 0 radical (unpaired) electrons. The van der Waals surface area contributed by atoms with Gasteiger partial charge in [-0.2, -0.15) is 13.2 Å². The molecule has 5 heterocycles. The van der Waals surface area contributed by atoms with Gasteiger partial charge in [0, 0.05) is 72.0 Å². The summed E-state index contributed by atoms with van der Waals surface area (Å²) in [6, 6.07) is 20.0. The Kier molecular flexibility index (Phi) is 15.1. The van der Waals surface area contributed by atoms with Crippen molar-refractivity contribution in [2.75, 3.05) is 70.3 Å². The molecule has 342 valence electrons. The van der Waals surface area contributed by atoms with Crippen molar-refractivity contribution in [2.24, 2.45) is 0 Å². The summed E-state index contributed by atoms with van der Waals surface area (Å²) in [6.45, 7) is 4.69. The van der Waals surface area contributed by atoms with Crippen LogP contribution in [0, 0.1) is 25.7 Å². The predicted molar refractivity (Wildman–Crippen MR) is 238 cm³/mol. The summed E-state index contributed by atoms with van der Waals surface area (Å²) in [4.78, 5) is 31.1. The fourth-order valence-corrected chi connectivity index (χ4v) is 7.53. The normalized spacial score (nSPS) is 15.3. The number of rotatable bonds is 18. The molecule has 0 spiro atoms. The number of pyridine rings is 2. The Labute approximate surface area is 372 Å². The van der Waals surface area contributed by atoms with Crippen LogP contribution in [0.15, 0.2) is 94.5 Å². The van der Waals surface area contributed by atoms with Gasteiger partial charge in [0.1, 0.15) is 30.8 Å². The van der Waals surface area contributed by atoms with Crippen molar-refractivity contribution in [1.82, 2.24) is 29.5 Å². The Balaban J connectivity index is 0.802. The number of carbonyl (C=O) groups is 1. The number of amides is 1. The maximum absolute atomic E-state index is 14.8. The van der Waals surface area contributed by atoms with Gasteiger partial charge in [-0.25, -0.2) is 9.37 Å². The lowest BCUT2D eigenvalue weighted by atomic mass is 10.0. The number of nitrogens with zero attached hydrogens (tertiary/aromatic N) is 5. The van der Waals surface area contributed by atoms with Gasteiger partial charge < -0.3 is 48.7 Å². The Morgan fingerprint density at radius 2 is 1.85 bits per heavy atom. The second kappa shape index (κ2) is 21.2. The summed E-state index contributed by atoms with van der Waals surface area (Å²) >= 11 is 0. The predicted octanol–water partition coefficient (Wildman–Crippen LogP) is 6.59. The lowest BCUT2D eigenvalue weighted by molar-refractivity contribution is -0.140. The third-order valence-electron chi connectivity index (χ3n) is 10.7. The van der Waals surface area contributed by atoms with Crippen molar-refractivity contribution in [1.29, 1.82) is 0 Å². The van der Waals surface area contributed by atoms with E-state index in [0.29, 0.717) is 34.5 Å². The average molecular weight is 899 g/mol. The number of hydrogen-bond donors (Lipinski definition) is 3. The molecule has 4 aromatic heterocycles. The van der Waals surface area contributed by atoms with Crippen LogP contribution in [0.4, 0.5) is 28.9 Å². The number of halogens is 4. The Morgan fingerprint density at radius 1 is 1.02 bits per heavy atom. The quantitative estimate of drug-likeness (QED) is 0.0488. The van der Waals surface area contributed by atoms with Crippen molar-refractivity contribution < 1.29 is 41.1 Å². The molecule has 2 atom stereocenters. The van der Waals surface area contributed by atoms with Gasteiger partial charge in [-0.05, 0) is 93.4 Å². The van der Waals surface area contributed by atoms with Gasteiger partial charge >= 0.3 is 6.18 Å². The standard InChI is InChI=1S/C47H50F4N8O6/c1-31-46(32(2)65-56-31)34-9-14-45(61)58(27-34)26-33-15-18-54-44(24-33)64-29-43(60)53-19-21-62-22-23-63-37-12-10-35(11-13-37)52-17-5-6-36-25-38-40(55-41-16-20-57(3)28-39(41)48)7-4-8-42(38)59(36)30-47(49,50)51/h4,7-15,18,24-25,27,39,41,52,55H,16-17,19-23,26,28-30H2,1-3H3,(H,53,60)/t39-,41+/m0/s1. The Morgan fingerprint density at radius 3 is 2.62 bits per heavy atom. The molecule has 1 aliphatic heterocycles. The van der Waals surface area contributed by atoms with Gasteiger partial charge in [-0.1, -0.05) is 17.1 Å². The first kappa shape index (κ1) is 46.2. The molecular weight excluding hydrogens is 849 g/mol. The summed E-state index contributed by atoms with van der Waals surface area (Å²) in [5.41, 5.74) is 4.85. The number of carbonyl (C=O) groups excluding carboxylic acids is 1. The summed E-state index contributed by atoms with van der Waals surface area (Å²) < 4.78 is 80.8. The van der Waals surface area contributed by atoms with Crippen LogP contribution in [0.25, 0.3) is 22.0 Å². The van der Waals surface area contributed by atoms with Crippen LogP contribution < -0.4 is 31.0 Å². The number of aromatic nitrogens is 4. The van der Waals surface area contributed by atoms with E-state index in [0.717, 1.165) is 39.2 Å². The highest BCUT2D eigenvalue weighted by atomic mass is 19.4. The van der Waals surface area contributed by atoms with Crippen molar-refractivity contribution in [3.63, 3.8) is 0 Å². The van der Waals surface area contributed by atoms with Gasteiger partial charge in [0.2, 0.25) is 5.88 Å². The number of alkyl halides is 4. The Hall–Kier alpha value is -6.84. The van der Waals surface area contributed by atoms with Crippen molar-refractivity contribution in [2.45, 2.75) is 51.7 Å². The first-order valence-corrected chi connectivity index (χ1v) is 21.1. The van der Waals surface area contributed by atoms with Crippen molar-refractivity contribution in [3.05, 3.63) is 118 Å². The molecule has 3 N–H and O–H groups in total.